The van der Waals surface area contributed by atoms with Crippen molar-refractivity contribution >= 4 is 31.9 Å². The molecule has 1 aliphatic rings. The molecule has 11 heteroatoms. The maximum absolute atomic E-state index is 13.4. The lowest BCUT2D eigenvalue weighted by molar-refractivity contribution is 0.351. The summed E-state index contributed by atoms with van der Waals surface area (Å²) in [4.78, 5) is 12.3. The number of rotatable bonds is 3. The number of benzene rings is 1. The fourth-order valence-electron chi connectivity index (χ4n) is 3.64. The molecule has 1 aliphatic heterocycles. The maximum Gasteiger partial charge on any atom is 0.328 e. The minimum atomic E-state index is -3.85. The molecular formula is C17H21N5O4S2. The van der Waals surface area contributed by atoms with Crippen molar-refractivity contribution in [2.75, 3.05) is 18.1 Å². The quantitative estimate of drug-likeness (QED) is 0.595. The van der Waals surface area contributed by atoms with Crippen LogP contribution >= 0.6 is 0 Å². The Balaban J connectivity index is 1.82. The Kier molecular flexibility index (Phi) is 4.55. The molecule has 1 aromatic carbocycles. The second-order valence-corrected chi connectivity index (χ2v) is 10.5. The molecule has 0 unspecified atom stereocenters. The Bertz CT molecular complexity index is 1250. The Morgan fingerprint density at radius 2 is 1.86 bits per heavy atom. The van der Waals surface area contributed by atoms with Crippen LogP contribution < -0.4 is 5.69 Å². The fourth-order valence-corrected chi connectivity index (χ4v) is 6.77. The lowest BCUT2D eigenvalue weighted by atomic mass is 10.2. The summed E-state index contributed by atoms with van der Waals surface area (Å²) in [6, 6.07) is 4.15. The zero-order chi connectivity index (χ0) is 20.2. The van der Waals surface area contributed by atoms with Gasteiger partial charge in [0.1, 0.15) is 0 Å². The van der Waals surface area contributed by atoms with Crippen LogP contribution in [0.4, 0.5) is 0 Å². The van der Waals surface area contributed by atoms with E-state index in [4.69, 9.17) is 0 Å². The molecule has 0 radical (unpaired) electrons. The molecular weight excluding hydrogens is 402 g/mol. The zero-order valence-electron chi connectivity index (χ0n) is 15.8. The molecule has 3 heterocycles. The van der Waals surface area contributed by atoms with E-state index in [1.54, 1.807) is 44.3 Å². The van der Waals surface area contributed by atoms with Crippen molar-refractivity contribution in [1.82, 2.24) is 23.2 Å². The van der Waals surface area contributed by atoms with E-state index in [0.29, 0.717) is 22.3 Å². The minimum Gasteiger partial charge on any atom is -0.295 e. The number of aromatic nitrogens is 4. The van der Waals surface area contributed by atoms with Gasteiger partial charge in [-0.15, -0.1) is 0 Å². The van der Waals surface area contributed by atoms with Crippen LogP contribution in [0.1, 0.15) is 11.6 Å². The number of sulfonamides is 1. The SMILES string of the molecule is Cn1cc([C@H]2C[S@](=O)CCN2S(=O)(=O)c2ccc3c(c2)n(C)c(=O)n3C)cn1. The third-order valence-electron chi connectivity index (χ3n) is 5.19. The molecule has 1 fully saturated rings. The highest BCUT2D eigenvalue weighted by Crippen LogP contribution is 2.32. The van der Waals surface area contributed by atoms with Gasteiger partial charge in [-0.2, -0.15) is 9.40 Å². The number of imidazole rings is 1. The summed E-state index contributed by atoms with van der Waals surface area (Å²) >= 11 is 0. The summed E-state index contributed by atoms with van der Waals surface area (Å²) in [5, 5.41) is 4.13. The summed E-state index contributed by atoms with van der Waals surface area (Å²) < 4.78 is 44.9. The second-order valence-electron chi connectivity index (χ2n) is 6.94. The van der Waals surface area contributed by atoms with E-state index in [2.05, 4.69) is 5.10 Å². The third kappa shape index (κ3) is 2.93. The average Bonchev–Trinajstić information content (AvgIpc) is 3.19. The third-order valence-corrected chi connectivity index (χ3v) is 8.42. The van der Waals surface area contributed by atoms with Crippen molar-refractivity contribution in [1.29, 1.82) is 0 Å². The van der Waals surface area contributed by atoms with Crippen molar-refractivity contribution in [3.05, 3.63) is 46.6 Å². The fraction of sp³-hybridized carbons (Fsp3) is 0.412. The van der Waals surface area contributed by atoms with Crippen LogP contribution in [0.15, 0.2) is 40.3 Å². The lowest BCUT2D eigenvalue weighted by Gasteiger charge is -2.33. The normalized spacial score (nSPS) is 21.4. The van der Waals surface area contributed by atoms with Crippen LogP contribution in [0.3, 0.4) is 0 Å². The molecule has 0 saturated carbocycles. The van der Waals surface area contributed by atoms with Gasteiger partial charge in [-0.1, -0.05) is 0 Å². The van der Waals surface area contributed by atoms with E-state index in [9.17, 15) is 17.4 Å². The summed E-state index contributed by atoms with van der Waals surface area (Å²) in [5.41, 5.74) is 1.71. The number of aryl methyl sites for hydroxylation is 3. The number of fused-ring (bicyclic) bond motifs is 1. The van der Waals surface area contributed by atoms with Gasteiger partial charge in [0.05, 0.1) is 28.2 Å². The Morgan fingerprint density at radius 3 is 2.54 bits per heavy atom. The molecule has 4 rings (SSSR count). The van der Waals surface area contributed by atoms with Crippen molar-refractivity contribution < 1.29 is 12.6 Å². The number of hydrogen-bond donors (Lipinski definition) is 0. The van der Waals surface area contributed by atoms with E-state index in [1.165, 1.54) is 25.6 Å². The Hall–Kier alpha value is -2.24. The summed E-state index contributed by atoms with van der Waals surface area (Å²) in [6.45, 7) is 0.167. The smallest absolute Gasteiger partial charge is 0.295 e. The van der Waals surface area contributed by atoms with Crippen molar-refractivity contribution in [2.24, 2.45) is 21.1 Å². The van der Waals surface area contributed by atoms with Gasteiger partial charge in [-0.3, -0.25) is 18.0 Å². The summed E-state index contributed by atoms with van der Waals surface area (Å²) in [5.74, 6) is 0.527. The van der Waals surface area contributed by atoms with Crippen LogP contribution in [0.2, 0.25) is 0 Å². The predicted octanol–water partition coefficient (Wildman–Crippen LogP) is 0.105. The van der Waals surface area contributed by atoms with Crippen LogP contribution in [-0.4, -0.2) is 53.9 Å². The standard InChI is InChI=1S/C17H21N5O4S2/c1-19-10-12(9-18-19)16-11-27(24)7-6-22(16)28(25,26)13-4-5-14-15(8-13)21(3)17(23)20(14)2/h4-5,8-10,16H,6-7,11H2,1-3H3/t16-,27-/m1/s1. The molecule has 0 amide bonds. The topological polar surface area (TPSA) is 99.2 Å². The van der Waals surface area contributed by atoms with E-state index in [1.807, 2.05) is 0 Å². The van der Waals surface area contributed by atoms with Gasteiger partial charge in [0.2, 0.25) is 10.0 Å². The predicted molar refractivity (Wildman–Crippen MR) is 106 cm³/mol. The minimum absolute atomic E-state index is 0.114. The van der Waals surface area contributed by atoms with Gasteiger partial charge in [-0.05, 0) is 18.2 Å². The highest BCUT2D eigenvalue weighted by Gasteiger charge is 2.37. The van der Waals surface area contributed by atoms with E-state index < -0.39 is 26.9 Å². The number of nitrogens with zero attached hydrogens (tertiary/aromatic N) is 5. The summed E-state index contributed by atoms with van der Waals surface area (Å²) in [6.07, 6.45) is 3.36. The van der Waals surface area contributed by atoms with Gasteiger partial charge in [-0.25, -0.2) is 13.2 Å². The molecule has 0 aliphatic carbocycles. The molecule has 0 spiro atoms. The largest absolute Gasteiger partial charge is 0.328 e. The van der Waals surface area contributed by atoms with Gasteiger partial charge in [0, 0.05) is 61.8 Å². The Labute approximate surface area is 164 Å². The monoisotopic (exact) mass is 423 g/mol. The van der Waals surface area contributed by atoms with Gasteiger partial charge < -0.3 is 0 Å². The maximum atomic E-state index is 13.4. The molecule has 9 nitrogen and oxygen atoms in total. The first kappa shape index (κ1) is 19.1. The highest BCUT2D eigenvalue weighted by molar-refractivity contribution is 7.89. The molecule has 2 aromatic heterocycles. The van der Waals surface area contributed by atoms with E-state index in [0.717, 1.165) is 0 Å². The van der Waals surface area contributed by atoms with Gasteiger partial charge in [0.15, 0.2) is 0 Å². The van der Waals surface area contributed by atoms with Gasteiger partial charge in [0.25, 0.3) is 0 Å². The second kappa shape index (κ2) is 6.68. The molecule has 2 atom stereocenters. The Morgan fingerprint density at radius 1 is 1.14 bits per heavy atom. The zero-order valence-corrected chi connectivity index (χ0v) is 17.4. The van der Waals surface area contributed by atoms with Crippen molar-refractivity contribution in [3.8, 4) is 0 Å². The molecule has 0 N–H and O–H groups in total. The first-order chi connectivity index (χ1) is 13.2. The van der Waals surface area contributed by atoms with E-state index >= 15 is 0 Å². The molecule has 0 bridgehead atoms. The number of hydrogen-bond acceptors (Lipinski definition) is 5. The van der Waals surface area contributed by atoms with Crippen LogP contribution in [0.25, 0.3) is 11.0 Å². The van der Waals surface area contributed by atoms with Crippen molar-refractivity contribution in [2.45, 2.75) is 10.9 Å². The molecule has 1 saturated heterocycles. The average molecular weight is 424 g/mol. The molecule has 150 valence electrons. The molecule has 28 heavy (non-hydrogen) atoms. The first-order valence-corrected chi connectivity index (χ1v) is 11.6. The molecule has 3 aromatic rings. The van der Waals surface area contributed by atoms with Crippen LogP contribution in [-0.2, 0) is 42.0 Å². The highest BCUT2D eigenvalue weighted by atomic mass is 32.2. The van der Waals surface area contributed by atoms with Gasteiger partial charge >= 0.3 is 5.69 Å². The lowest BCUT2D eigenvalue weighted by Crippen LogP contribution is -2.44. The van der Waals surface area contributed by atoms with Crippen LogP contribution in [0, 0.1) is 0 Å². The first-order valence-electron chi connectivity index (χ1n) is 8.71. The summed E-state index contributed by atoms with van der Waals surface area (Å²) in [7, 11) is 0.0815. The van der Waals surface area contributed by atoms with Crippen molar-refractivity contribution in [3.63, 3.8) is 0 Å². The van der Waals surface area contributed by atoms with Crippen LogP contribution in [0.5, 0.6) is 0 Å². The van der Waals surface area contributed by atoms with E-state index in [-0.39, 0.29) is 22.9 Å².